The molecular formula is C19H15N5O3S. The van der Waals surface area contributed by atoms with Gasteiger partial charge in [-0.05, 0) is 37.3 Å². The molecule has 0 fully saturated rings. The third-order valence-corrected chi connectivity index (χ3v) is 5.29. The van der Waals surface area contributed by atoms with E-state index in [-0.39, 0.29) is 5.91 Å². The Morgan fingerprint density at radius 2 is 1.93 bits per heavy atom. The second-order valence-corrected chi connectivity index (χ2v) is 7.16. The summed E-state index contributed by atoms with van der Waals surface area (Å²) >= 11 is 1.42. The third kappa shape index (κ3) is 2.85. The van der Waals surface area contributed by atoms with E-state index in [9.17, 15) is 4.79 Å². The molecule has 0 bridgehead atoms. The quantitative estimate of drug-likeness (QED) is 0.575. The number of hydrogen-bond donors (Lipinski definition) is 1. The number of para-hydroxylation sites is 1. The van der Waals surface area contributed by atoms with Crippen molar-refractivity contribution in [1.29, 1.82) is 0 Å². The van der Waals surface area contributed by atoms with Crippen LogP contribution in [0.1, 0.15) is 16.2 Å². The monoisotopic (exact) mass is 393 g/mol. The molecule has 0 unspecified atom stereocenters. The maximum absolute atomic E-state index is 12.8. The first-order chi connectivity index (χ1) is 13.7. The average molecular weight is 393 g/mol. The zero-order valence-corrected chi connectivity index (χ0v) is 15.7. The molecule has 1 amide bonds. The van der Waals surface area contributed by atoms with Crippen LogP contribution in [0.25, 0.3) is 15.5 Å². The summed E-state index contributed by atoms with van der Waals surface area (Å²) in [5.74, 6) is 1.72. The molecule has 2 aromatic heterocycles. The Morgan fingerprint density at radius 1 is 1.11 bits per heavy atom. The Hall–Kier alpha value is -3.46. The minimum atomic E-state index is -0.233. The fourth-order valence-corrected chi connectivity index (χ4v) is 3.91. The van der Waals surface area contributed by atoms with E-state index in [4.69, 9.17) is 9.47 Å². The molecule has 1 aliphatic heterocycles. The highest BCUT2D eigenvalue weighted by Crippen LogP contribution is 2.33. The summed E-state index contributed by atoms with van der Waals surface area (Å²) in [6, 6.07) is 12.7. The van der Waals surface area contributed by atoms with E-state index in [1.54, 1.807) is 22.7 Å². The molecule has 5 rings (SSSR count). The lowest BCUT2D eigenvalue weighted by Gasteiger charge is -2.18. The van der Waals surface area contributed by atoms with E-state index in [1.807, 2.05) is 31.2 Å². The van der Waals surface area contributed by atoms with Crippen molar-refractivity contribution in [1.82, 2.24) is 19.8 Å². The van der Waals surface area contributed by atoms with Crippen molar-refractivity contribution in [2.75, 3.05) is 18.5 Å². The summed E-state index contributed by atoms with van der Waals surface area (Å²) in [6.45, 7) is 2.83. The van der Waals surface area contributed by atoms with Crippen LogP contribution in [0.4, 0.5) is 5.69 Å². The Kier molecular flexibility index (Phi) is 3.94. The number of aromatic nitrogens is 4. The second kappa shape index (κ2) is 6.61. The normalized spacial score (nSPS) is 12.9. The van der Waals surface area contributed by atoms with E-state index >= 15 is 0 Å². The smallest absolute Gasteiger partial charge is 0.255 e. The Bertz CT molecular complexity index is 1200. The zero-order valence-electron chi connectivity index (χ0n) is 14.9. The maximum Gasteiger partial charge on any atom is 0.255 e. The predicted octanol–water partition coefficient (Wildman–Crippen LogP) is 3.18. The van der Waals surface area contributed by atoms with Crippen molar-refractivity contribution in [3.8, 4) is 22.1 Å². The van der Waals surface area contributed by atoms with Gasteiger partial charge in [-0.3, -0.25) is 4.79 Å². The first-order valence-electron chi connectivity index (χ1n) is 8.68. The van der Waals surface area contributed by atoms with Gasteiger partial charge in [0.1, 0.15) is 18.2 Å². The Balaban J connectivity index is 1.46. The fourth-order valence-electron chi connectivity index (χ4n) is 2.98. The number of fused-ring (bicyclic) bond motifs is 2. The van der Waals surface area contributed by atoms with Crippen molar-refractivity contribution < 1.29 is 14.3 Å². The summed E-state index contributed by atoms with van der Waals surface area (Å²) in [7, 11) is 0. The van der Waals surface area contributed by atoms with Crippen LogP contribution in [0.3, 0.4) is 0 Å². The van der Waals surface area contributed by atoms with Crippen LogP contribution in [-0.4, -0.2) is 38.9 Å². The van der Waals surface area contributed by atoms with Crippen molar-refractivity contribution in [2.45, 2.75) is 6.92 Å². The van der Waals surface area contributed by atoms with Gasteiger partial charge in [-0.2, -0.15) is 9.61 Å². The molecule has 0 saturated heterocycles. The topological polar surface area (TPSA) is 90.6 Å². The van der Waals surface area contributed by atoms with Crippen LogP contribution in [0.2, 0.25) is 0 Å². The van der Waals surface area contributed by atoms with Gasteiger partial charge in [0.25, 0.3) is 5.91 Å². The number of nitrogens with one attached hydrogen (secondary N) is 1. The number of amides is 1. The zero-order chi connectivity index (χ0) is 19.1. The molecule has 3 heterocycles. The number of carbonyl (C=O) groups is 1. The van der Waals surface area contributed by atoms with E-state index < -0.39 is 0 Å². The second-order valence-electron chi connectivity index (χ2n) is 6.21. The van der Waals surface area contributed by atoms with Gasteiger partial charge in [-0.25, -0.2) is 0 Å². The summed E-state index contributed by atoms with van der Waals surface area (Å²) in [5, 5.41) is 16.4. The Morgan fingerprint density at radius 3 is 2.79 bits per heavy atom. The molecule has 0 aliphatic carbocycles. The standard InChI is InChI=1S/C19H15N5O3S/c1-11-21-22-19-24(11)23-18(28-19)13-4-2-3-5-14(13)20-17(25)12-6-7-15-16(10-12)27-9-8-26-15/h2-7,10H,8-9H2,1H3,(H,20,25). The molecule has 1 N–H and O–H groups in total. The van der Waals surface area contributed by atoms with Gasteiger partial charge in [-0.15, -0.1) is 10.2 Å². The average Bonchev–Trinajstić information content (AvgIpc) is 3.30. The molecule has 0 atom stereocenters. The maximum atomic E-state index is 12.8. The van der Waals surface area contributed by atoms with Gasteiger partial charge in [0.15, 0.2) is 17.3 Å². The SMILES string of the molecule is Cc1nnc2sc(-c3ccccc3NC(=O)c3ccc4c(c3)OCCO4)nn12. The van der Waals surface area contributed by atoms with Crippen molar-refractivity contribution in [3.05, 3.63) is 53.9 Å². The van der Waals surface area contributed by atoms with Crippen LogP contribution >= 0.6 is 11.3 Å². The van der Waals surface area contributed by atoms with Crippen LogP contribution in [0.15, 0.2) is 42.5 Å². The lowest BCUT2D eigenvalue weighted by Crippen LogP contribution is -2.17. The first-order valence-corrected chi connectivity index (χ1v) is 9.50. The number of hydrogen-bond acceptors (Lipinski definition) is 7. The molecule has 2 aromatic carbocycles. The van der Waals surface area contributed by atoms with Crippen LogP contribution in [-0.2, 0) is 0 Å². The van der Waals surface area contributed by atoms with E-state index in [0.717, 1.165) is 16.4 Å². The van der Waals surface area contributed by atoms with Gasteiger partial charge >= 0.3 is 0 Å². The summed E-state index contributed by atoms with van der Waals surface area (Å²) in [5.41, 5.74) is 1.99. The summed E-state index contributed by atoms with van der Waals surface area (Å²) < 4.78 is 12.8. The molecule has 0 spiro atoms. The minimum absolute atomic E-state index is 0.233. The highest BCUT2D eigenvalue weighted by atomic mass is 32.1. The molecule has 0 radical (unpaired) electrons. The molecule has 0 saturated carbocycles. The first kappa shape index (κ1) is 16.7. The van der Waals surface area contributed by atoms with Gasteiger partial charge in [-0.1, -0.05) is 23.5 Å². The van der Waals surface area contributed by atoms with Crippen molar-refractivity contribution >= 4 is 27.9 Å². The van der Waals surface area contributed by atoms with Gasteiger partial charge in [0, 0.05) is 11.1 Å². The lowest BCUT2D eigenvalue weighted by molar-refractivity contribution is 0.102. The van der Waals surface area contributed by atoms with Crippen molar-refractivity contribution in [3.63, 3.8) is 0 Å². The lowest BCUT2D eigenvalue weighted by atomic mass is 10.1. The summed E-state index contributed by atoms with van der Waals surface area (Å²) in [6.07, 6.45) is 0. The molecule has 4 aromatic rings. The van der Waals surface area contributed by atoms with Crippen LogP contribution in [0.5, 0.6) is 11.5 Å². The highest BCUT2D eigenvalue weighted by Gasteiger charge is 2.18. The molecule has 8 nitrogen and oxygen atoms in total. The van der Waals surface area contributed by atoms with Gasteiger partial charge in [0.05, 0.1) is 5.69 Å². The molecule has 140 valence electrons. The number of ether oxygens (including phenoxy) is 2. The molecule has 1 aliphatic rings. The Labute approximate surface area is 163 Å². The highest BCUT2D eigenvalue weighted by molar-refractivity contribution is 7.19. The number of rotatable bonds is 3. The van der Waals surface area contributed by atoms with E-state index in [0.29, 0.717) is 40.9 Å². The van der Waals surface area contributed by atoms with E-state index in [2.05, 4.69) is 20.6 Å². The third-order valence-electron chi connectivity index (χ3n) is 4.36. The number of nitrogens with zero attached hydrogens (tertiary/aromatic N) is 4. The molecule has 28 heavy (non-hydrogen) atoms. The van der Waals surface area contributed by atoms with Gasteiger partial charge in [0.2, 0.25) is 4.96 Å². The number of aryl methyl sites for hydroxylation is 1. The summed E-state index contributed by atoms with van der Waals surface area (Å²) in [4.78, 5) is 13.5. The van der Waals surface area contributed by atoms with Gasteiger partial charge < -0.3 is 14.8 Å². The van der Waals surface area contributed by atoms with E-state index in [1.165, 1.54) is 11.3 Å². The molecule has 9 heteroatoms. The fraction of sp³-hybridized carbons (Fsp3) is 0.158. The predicted molar refractivity (Wildman–Crippen MR) is 104 cm³/mol. The van der Waals surface area contributed by atoms with Crippen molar-refractivity contribution in [2.24, 2.45) is 0 Å². The molecular weight excluding hydrogens is 378 g/mol. The number of carbonyl (C=O) groups excluding carboxylic acids is 1. The number of benzene rings is 2. The number of anilines is 1. The largest absolute Gasteiger partial charge is 0.486 e. The minimum Gasteiger partial charge on any atom is -0.486 e. The van der Waals surface area contributed by atoms with Crippen LogP contribution in [0, 0.1) is 6.92 Å². The van der Waals surface area contributed by atoms with Crippen LogP contribution < -0.4 is 14.8 Å².